The molecule has 1 saturated heterocycles. The lowest BCUT2D eigenvalue weighted by Crippen LogP contribution is -2.48. The summed E-state index contributed by atoms with van der Waals surface area (Å²) in [5.74, 6) is 1.24. The van der Waals surface area contributed by atoms with Gasteiger partial charge in [0.1, 0.15) is 5.82 Å². The molecule has 2 heterocycles. The van der Waals surface area contributed by atoms with E-state index < -0.39 is 0 Å². The summed E-state index contributed by atoms with van der Waals surface area (Å²) >= 11 is 0. The Balaban J connectivity index is 1.46. The molecule has 0 aromatic carbocycles. The molecule has 6 heteroatoms. The van der Waals surface area contributed by atoms with Gasteiger partial charge in [0.05, 0.1) is 11.3 Å². The Morgan fingerprint density at radius 2 is 2.38 bits per heavy atom. The van der Waals surface area contributed by atoms with Gasteiger partial charge in [-0.25, -0.2) is 4.79 Å². The zero-order valence-electron chi connectivity index (χ0n) is 12.8. The van der Waals surface area contributed by atoms with Crippen LogP contribution in [0, 0.1) is 12.8 Å². The fourth-order valence-corrected chi connectivity index (χ4v) is 3.35. The molecule has 2 amide bonds. The van der Waals surface area contributed by atoms with Crippen LogP contribution in [0.2, 0.25) is 0 Å². The number of ether oxygens (including phenoxy) is 1. The summed E-state index contributed by atoms with van der Waals surface area (Å²) in [4.78, 5) is 12.0. The van der Waals surface area contributed by atoms with Crippen LogP contribution < -0.4 is 10.6 Å². The molecule has 6 nitrogen and oxygen atoms in total. The third-order valence-corrected chi connectivity index (χ3v) is 4.65. The highest BCUT2D eigenvalue weighted by molar-refractivity contribution is 5.88. The molecule has 1 spiro atoms. The highest BCUT2D eigenvalue weighted by Crippen LogP contribution is 2.43. The van der Waals surface area contributed by atoms with Crippen molar-refractivity contribution in [1.82, 2.24) is 15.1 Å². The Labute approximate surface area is 125 Å². The second kappa shape index (κ2) is 5.67. The fraction of sp³-hybridized carbons (Fsp3) is 0.733. The number of aromatic nitrogens is 2. The van der Waals surface area contributed by atoms with Gasteiger partial charge in [-0.15, -0.1) is 0 Å². The van der Waals surface area contributed by atoms with Crippen LogP contribution >= 0.6 is 0 Å². The van der Waals surface area contributed by atoms with Crippen molar-refractivity contribution in [2.75, 3.05) is 18.5 Å². The monoisotopic (exact) mass is 292 g/mol. The number of hydrogen-bond acceptors (Lipinski definition) is 3. The Bertz CT molecular complexity index is 522. The van der Waals surface area contributed by atoms with Crippen LogP contribution in [-0.2, 0) is 11.8 Å². The molecular weight excluding hydrogens is 268 g/mol. The van der Waals surface area contributed by atoms with Crippen molar-refractivity contribution in [2.45, 2.75) is 44.6 Å². The van der Waals surface area contributed by atoms with Crippen LogP contribution in [0.5, 0.6) is 0 Å². The second-order valence-corrected chi connectivity index (χ2v) is 6.37. The fourth-order valence-electron chi connectivity index (χ4n) is 3.35. The Hall–Kier alpha value is -1.56. The summed E-state index contributed by atoms with van der Waals surface area (Å²) in [5.41, 5.74) is 1.03. The lowest BCUT2D eigenvalue weighted by molar-refractivity contribution is -0.142. The Morgan fingerprint density at radius 3 is 3.00 bits per heavy atom. The molecule has 0 radical (unpaired) electrons. The van der Waals surface area contributed by atoms with E-state index in [-0.39, 0.29) is 11.6 Å². The maximum atomic E-state index is 12.0. The molecule has 1 unspecified atom stereocenters. The number of urea groups is 1. The number of amides is 2. The molecule has 116 valence electrons. The summed E-state index contributed by atoms with van der Waals surface area (Å²) in [6.45, 7) is 3.45. The molecule has 0 bridgehead atoms. The molecule has 1 aliphatic heterocycles. The van der Waals surface area contributed by atoms with Crippen LogP contribution in [-0.4, -0.2) is 34.6 Å². The van der Waals surface area contributed by atoms with Crippen molar-refractivity contribution in [3.8, 4) is 0 Å². The Morgan fingerprint density at radius 1 is 1.57 bits per heavy atom. The topological polar surface area (TPSA) is 68.2 Å². The average molecular weight is 292 g/mol. The minimum atomic E-state index is -0.160. The van der Waals surface area contributed by atoms with Crippen LogP contribution in [0.25, 0.3) is 0 Å². The van der Waals surface area contributed by atoms with Crippen LogP contribution in [0.1, 0.15) is 37.8 Å². The van der Waals surface area contributed by atoms with E-state index in [2.05, 4.69) is 15.7 Å². The maximum absolute atomic E-state index is 12.0. The first-order valence-corrected chi connectivity index (χ1v) is 7.76. The minimum absolute atomic E-state index is 0.139. The molecule has 2 fully saturated rings. The molecule has 1 aromatic rings. The first-order chi connectivity index (χ1) is 10.1. The molecule has 2 N–H and O–H groups in total. The first-order valence-electron chi connectivity index (χ1n) is 7.76. The summed E-state index contributed by atoms with van der Waals surface area (Å²) in [7, 11) is 1.82. The molecule has 3 rings (SSSR count). The molecule has 1 aromatic heterocycles. The van der Waals surface area contributed by atoms with Gasteiger partial charge >= 0.3 is 6.03 Å². The van der Waals surface area contributed by atoms with Gasteiger partial charge in [0, 0.05) is 26.3 Å². The lowest BCUT2D eigenvalue weighted by Gasteiger charge is -2.47. The Kier molecular flexibility index (Phi) is 3.89. The van der Waals surface area contributed by atoms with E-state index in [0.717, 1.165) is 25.1 Å². The van der Waals surface area contributed by atoms with E-state index >= 15 is 0 Å². The van der Waals surface area contributed by atoms with Crippen LogP contribution in [0.15, 0.2) is 6.07 Å². The average Bonchev–Trinajstić information content (AvgIpc) is 2.73. The molecule has 21 heavy (non-hydrogen) atoms. The van der Waals surface area contributed by atoms with Crippen molar-refractivity contribution in [2.24, 2.45) is 13.0 Å². The number of carbonyl (C=O) groups excluding carboxylic acids is 1. The molecule has 1 atom stereocenters. The van der Waals surface area contributed by atoms with Crippen molar-refractivity contribution in [1.29, 1.82) is 0 Å². The summed E-state index contributed by atoms with van der Waals surface area (Å²) in [6.07, 6.45) is 5.76. The quantitative estimate of drug-likeness (QED) is 0.897. The SMILES string of the molecule is Cc1cc(NC(=O)NCC2CCOC3(CCC3)C2)n(C)n1. The van der Waals surface area contributed by atoms with Gasteiger partial charge in [-0.1, -0.05) is 0 Å². The third-order valence-electron chi connectivity index (χ3n) is 4.65. The van der Waals surface area contributed by atoms with Crippen LogP contribution in [0.3, 0.4) is 0 Å². The van der Waals surface area contributed by atoms with Gasteiger partial charge in [0.2, 0.25) is 0 Å². The van der Waals surface area contributed by atoms with Gasteiger partial charge in [-0.05, 0) is 44.9 Å². The number of carbonyl (C=O) groups is 1. The van der Waals surface area contributed by atoms with Crippen molar-refractivity contribution < 1.29 is 9.53 Å². The largest absolute Gasteiger partial charge is 0.375 e. The third kappa shape index (κ3) is 3.20. The number of nitrogens with zero attached hydrogens (tertiary/aromatic N) is 2. The van der Waals surface area contributed by atoms with Gasteiger partial charge in [-0.2, -0.15) is 5.10 Å². The minimum Gasteiger partial charge on any atom is -0.375 e. The highest BCUT2D eigenvalue weighted by atomic mass is 16.5. The first kappa shape index (κ1) is 14.4. The molecular formula is C15H24N4O2. The molecule has 1 aliphatic carbocycles. The van der Waals surface area contributed by atoms with E-state index in [1.807, 2.05) is 20.0 Å². The summed E-state index contributed by atoms with van der Waals surface area (Å²) < 4.78 is 7.59. The van der Waals surface area contributed by atoms with Crippen LogP contribution in [0.4, 0.5) is 10.6 Å². The zero-order chi connectivity index (χ0) is 14.9. The summed E-state index contributed by atoms with van der Waals surface area (Å²) in [6, 6.07) is 1.70. The van der Waals surface area contributed by atoms with Gasteiger partial charge in [0.15, 0.2) is 0 Å². The number of nitrogens with one attached hydrogen (secondary N) is 2. The smallest absolute Gasteiger partial charge is 0.320 e. The lowest BCUT2D eigenvalue weighted by atomic mass is 9.72. The van der Waals surface area contributed by atoms with Crippen molar-refractivity contribution in [3.05, 3.63) is 11.8 Å². The zero-order valence-corrected chi connectivity index (χ0v) is 12.8. The van der Waals surface area contributed by atoms with Crippen molar-refractivity contribution >= 4 is 11.8 Å². The number of hydrogen-bond donors (Lipinski definition) is 2. The van der Waals surface area contributed by atoms with E-state index in [9.17, 15) is 4.79 Å². The summed E-state index contributed by atoms with van der Waals surface area (Å²) in [5, 5.41) is 10.0. The highest BCUT2D eigenvalue weighted by Gasteiger charge is 2.42. The van der Waals surface area contributed by atoms with Gasteiger partial charge in [-0.3, -0.25) is 10.00 Å². The molecule has 2 aliphatic rings. The number of rotatable bonds is 3. The number of anilines is 1. The van der Waals surface area contributed by atoms with Crippen molar-refractivity contribution in [3.63, 3.8) is 0 Å². The van der Waals surface area contributed by atoms with Gasteiger partial charge < -0.3 is 10.1 Å². The maximum Gasteiger partial charge on any atom is 0.320 e. The predicted molar refractivity (Wildman–Crippen MR) is 80.2 cm³/mol. The van der Waals surface area contributed by atoms with E-state index in [4.69, 9.17) is 4.74 Å². The predicted octanol–water partition coefficient (Wildman–Crippen LogP) is 2.20. The van der Waals surface area contributed by atoms with Gasteiger partial charge in [0.25, 0.3) is 0 Å². The second-order valence-electron chi connectivity index (χ2n) is 6.37. The van der Waals surface area contributed by atoms with E-state index in [1.54, 1.807) is 4.68 Å². The number of aryl methyl sites for hydroxylation is 2. The van der Waals surface area contributed by atoms with E-state index in [1.165, 1.54) is 19.3 Å². The van der Waals surface area contributed by atoms with E-state index in [0.29, 0.717) is 18.3 Å². The standard InChI is InChI=1S/C15H24N4O2/c1-11-8-13(19(2)18-11)17-14(20)16-10-12-4-7-21-15(9-12)5-3-6-15/h8,12H,3-7,9-10H2,1-2H3,(H2,16,17,20). The normalized spacial score (nSPS) is 23.6. The molecule has 1 saturated carbocycles.